The van der Waals surface area contributed by atoms with Gasteiger partial charge < -0.3 is 9.72 Å². The zero-order valence-electron chi connectivity index (χ0n) is 11.4. The standard InChI is InChI=1S/C17H15NO2/c1-11-5-3-6-12(9-11)17(19)13-10-18-14-7-4-8-15(20-2)16(13)14/h3-10,18H,1-2H3. The van der Waals surface area contributed by atoms with Crippen LogP contribution >= 0.6 is 0 Å². The number of carbonyl (C=O) groups is 1. The second-order valence-corrected chi connectivity index (χ2v) is 4.78. The van der Waals surface area contributed by atoms with E-state index in [2.05, 4.69) is 4.98 Å². The Balaban J connectivity index is 2.17. The Morgan fingerprint density at radius 1 is 1.15 bits per heavy atom. The van der Waals surface area contributed by atoms with Gasteiger partial charge in [0.25, 0.3) is 0 Å². The van der Waals surface area contributed by atoms with Crippen LogP contribution in [0.1, 0.15) is 21.5 Å². The van der Waals surface area contributed by atoms with Crippen molar-refractivity contribution in [1.82, 2.24) is 4.98 Å². The van der Waals surface area contributed by atoms with Crippen molar-refractivity contribution < 1.29 is 9.53 Å². The van der Waals surface area contributed by atoms with E-state index in [1.165, 1.54) is 0 Å². The van der Waals surface area contributed by atoms with Crippen LogP contribution in [0.4, 0.5) is 0 Å². The molecule has 3 rings (SSSR count). The third-order valence-corrected chi connectivity index (χ3v) is 3.41. The van der Waals surface area contributed by atoms with E-state index in [0.717, 1.165) is 16.5 Å². The number of H-pyrrole nitrogens is 1. The number of rotatable bonds is 3. The fourth-order valence-electron chi connectivity index (χ4n) is 2.44. The van der Waals surface area contributed by atoms with Crippen molar-refractivity contribution in [2.45, 2.75) is 6.92 Å². The minimum absolute atomic E-state index is 0.00412. The molecule has 0 amide bonds. The number of fused-ring (bicyclic) bond motifs is 1. The van der Waals surface area contributed by atoms with Crippen LogP contribution in [0, 0.1) is 6.92 Å². The number of aromatic amines is 1. The number of aryl methyl sites for hydroxylation is 1. The Labute approximate surface area is 117 Å². The molecule has 3 heteroatoms. The van der Waals surface area contributed by atoms with Crippen molar-refractivity contribution in [2.24, 2.45) is 0 Å². The maximum atomic E-state index is 12.7. The molecule has 0 atom stereocenters. The summed E-state index contributed by atoms with van der Waals surface area (Å²) in [5.74, 6) is 0.712. The van der Waals surface area contributed by atoms with E-state index < -0.39 is 0 Å². The number of benzene rings is 2. The van der Waals surface area contributed by atoms with Gasteiger partial charge in [-0.25, -0.2) is 0 Å². The summed E-state index contributed by atoms with van der Waals surface area (Å²) >= 11 is 0. The first-order valence-corrected chi connectivity index (χ1v) is 6.46. The Morgan fingerprint density at radius 2 is 1.95 bits per heavy atom. The zero-order chi connectivity index (χ0) is 14.1. The second-order valence-electron chi connectivity index (χ2n) is 4.78. The zero-order valence-corrected chi connectivity index (χ0v) is 11.4. The first kappa shape index (κ1) is 12.5. The number of nitrogens with one attached hydrogen (secondary N) is 1. The van der Waals surface area contributed by atoms with Crippen LogP contribution in [0.15, 0.2) is 48.7 Å². The molecule has 0 bridgehead atoms. The number of ketones is 1. The fraction of sp³-hybridized carbons (Fsp3) is 0.118. The summed E-state index contributed by atoms with van der Waals surface area (Å²) in [6.45, 7) is 1.98. The predicted molar refractivity (Wildman–Crippen MR) is 79.5 cm³/mol. The van der Waals surface area contributed by atoms with Crippen LogP contribution in [0.25, 0.3) is 10.9 Å². The van der Waals surface area contributed by atoms with Gasteiger partial charge in [-0.05, 0) is 25.1 Å². The molecule has 0 saturated heterocycles. The van der Waals surface area contributed by atoms with Gasteiger partial charge in [0.05, 0.1) is 18.1 Å². The van der Waals surface area contributed by atoms with Crippen molar-refractivity contribution >= 4 is 16.7 Å². The summed E-state index contributed by atoms with van der Waals surface area (Å²) in [5, 5.41) is 0.835. The molecule has 3 nitrogen and oxygen atoms in total. The highest BCUT2D eigenvalue weighted by atomic mass is 16.5. The van der Waals surface area contributed by atoms with E-state index in [-0.39, 0.29) is 5.78 Å². The maximum Gasteiger partial charge on any atom is 0.195 e. The molecule has 0 fully saturated rings. The quantitative estimate of drug-likeness (QED) is 0.733. The smallest absolute Gasteiger partial charge is 0.195 e. The van der Waals surface area contributed by atoms with Gasteiger partial charge in [0.1, 0.15) is 5.75 Å². The Kier molecular flexibility index (Phi) is 3.03. The lowest BCUT2D eigenvalue weighted by molar-refractivity contribution is 0.104. The third-order valence-electron chi connectivity index (χ3n) is 3.41. The molecule has 0 radical (unpaired) electrons. The Bertz CT molecular complexity index is 787. The van der Waals surface area contributed by atoms with Crippen molar-refractivity contribution in [2.75, 3.05) is 7.11 Å². The number of aromatic nitrogens is 1. The summed E-state index contributed by atoms with van der Waals surface area (Å²) in [4.78, 5) is 15.8. The summed E-state index contributed by atoms with van der Waals surface area (Å²) < 4.78 is 5.36. The second kappa shape index (κ2) is 4.85. The number of carbonyl (C=O) groups excluding carboxylic acids is 1. The summed E-state index contributed by atoms with van der Waals surface area (Å²) in [5.41, 5.74) is 3.31. The van der Waals surface area contributed by atoms with E-state index in [4.69, 9.17) is 4.74 Å². The van der Waals surface area contributed by atoms with Gasteiger partial charge in [0.15, 0.2) is 5.78 Å². The van der Waals surface area contributed by atoms with Crippen molar-refractivity contribution in [1.29, 1.82) is 0 Å². The largest absolute Gasteiger partial charge is 0.496 e. The molecule has 1 aromatic heterocycles. The lowest BCUT2D eigenvalue weighted by Gasteiger charge is -2.05. The van der Waals surface area contributed by atoms with E-state index >= 15 is 0 Å². The van der Waals surface area contributed by atoms with Gasteiger partial charge in [-0.2, -0.15) is 0 Å². The Hall–Kier alpha value is -2.55. The minimum Gasteiger partial charge on any atom is -0.496 e. The third kappa shape index (κ3) is 1.97. The van der Waals surface area contributed by atoms with Crippen LogP contribution in [0.2, 0.25) is 0 Å². The maximum absolute atomic E-state index is 12.7. The van der Waals surface area contributed by atoms with Crippen LogP contribution in [0.5, 0.6) is 5.75 Å². The van der Waals surface area contributed by atoms with Crippen molar-refractivity contribution in [3.63, 3.8) is 0 Å². The van der Waals surface area contributed by atoms with E-state index in [0.29, 0.717) is 16.9 Å². The van der Waals surface area contributed by atoms with Crippen molar-refractivity contribution in [3.8, 4) is 5.75 Å². The first-order chi connectivity index (χ1) is 9.70. The molecule has 0 saturated carbocycles. The van der Waals surface area contributed by atoms with Crippen LogP contribution in [-0.4, -0.2) is 17.9 Å². The SMILES string of the molecule is COc1cccc2[nH]cc(C(=O)c3cccc(C)c3)c12. The molecule has 0 aliphatic carbocycles. The molecule has 1 N–H and O–H groups in total. The van der Waals surface area contributed by atoms with Gasteiger partial charge >= 0.3 is 0 Å². The molecule has 0 spiro atoms. The molecule has 100 valence electrons. The highest BCUT2D eigenvalue weighted by Crippen LogP contribution is 2.30. The lowest BCUT2D eigenvalue weighted by Crippen LogP contribution is -2.01. The highest BCUT2D eigenvalue weighted by molar-refractivity contribution is 6.17. The van der Waals surface area contributed by atoms with Gasteiger partial charge in [-0.15, -0.1) is 0 Å². The minimum atomic E-state index is 0.00412. The number of hydrogen-bond acceptors (Lipinski definition) is 2. The van der Waals surface area contributed by atoms with Gasteiger partial charge in [0.2, 0.25) is 0 Å². The Morgan fingerprint density at radius 3 is 2.70 bits per heavy atom. The molecule has 0 unspecified atom stereocenters. The average molecular weight is 265 g/mol. The molecule has 2 aromatic carbocycles. The molecule has 20 heavy (non-hydrogen) atoms. The highest BCUT2D eigenvalue weighted by Gasteiger charge is 2.17. The normalized spacial score (nSPS) is 10.7. The number of methoxy groups -OCH3 is 1. The van der Waals surface area contributed by atoms with Crippen LogP contribution in [0.3, 0.4) is 0 Å². The van der Waals surface area contributed by atoms with Crippen molar-refractivity contribution in [3.05, 3.63) is 65.4 Å². The van der Waals surface area contributed by atoms with Gasteiger partial charge in [-0.1, -0.05) is 29.8 Å². The van der Waals surface area contributed by atoms with E-state index in [1.807, 2.05) is 49.4 Å². The molecule has 1 heterocycles. The molecular formula is C17H15NO2. The van der Waals surface area contributed by atoms with Gasteiger partial charge in [0, 0.05) is 17.3 Å². The van der Waals surface area contributed by atoms with Crippen LogP contribution in [-0.2, 0) is 0 Å². The average Bonchev–Trinajstić information content (AvgIpc) is 2.90. The first-order valence-electron chi connectivity index (χ1n) is 6.46. The summed E-state index contributed by atoms with van der Waals surface area (Å²) in [6, 6.07) is 13.3. The molecular weight excluding hydrogens is 250 g/mol. The van der Waals surface area contributed by atoms with Gasteiger partial charge in [-0.3, -0.25) is 4.79 Å². The van der Waals surface area contributed by atoms with E-state index in [1.54, 1.807) is 13.3 Å². The number of ether oxygens (including phenoxy) is 1. The number of hydrogen-bond donors (Lipinski definition) is 1. The molecule has 0 aliphatic rings. The monoisotopic (exact) mass is 265 g/mol. The fourth-order valence-corrected chi connectivity index (χ4v) is 2.44. The molecule has 0 aliphatic heterocycles. The summed E-state index contributed by atoms with van der Waals surface area (Å²) in [6.07, 6.45) is 1.75. The van der Waals surface area contributed by atoms with E-state index in [9.17, 15) is 4.79 Å². The predicted octanol–water partition coefficient (Wildman–Crippen LogP) is 3.72. The topological polar surface area (TPSA) is 42.1 Å². The van der Waals surface area contributed by atoms with Crippen LogP contribution < -0.4 is 4.74 Å². The lowest BCUT2D eigenvalue weighted by atomic mass is 10.0. The molecule has 3 aromatic rings. The summed E-state index contributed by atoms with van der Waals surface area (Å²) in [7, 11) is 1.61.